The highest BCUT2D eigenvalue weighted by molar-refractivity contribution is 6.20. The van der Waals surface area contributed by atoms with Gasteiger partial charge in [0.1, 0.15) is 5.60 Å². The minimum Gasteiger partial charge on any atom is -0.460 e. The normalized spacial score (nSPS) is 32.5. The molecular formula is C12H21ClO2. The van der Waals surface area contributed by atoms with Crippen LogP contribution >= 0.6 is 11.6 Å². The summed E-state index contributed by atoms with van der Waals surface area (Å²) in [7, 11) is 0. The van der Waals surface area contributed by atoms with Crippen molar-refractivity contribution in [3.63, 3.8) is 0 Å². The number of alkyl halides is 1. The summed E-state index contributed by atoms with van der Waals surface area (Å²) in [6, 6.07) is 0. The lowest BCUT2D eigenvalue weighted by Gasteiger charge is -2.32. The van der Waals surface area contributed by atoms with Crippen LogP contribution in [0, 0.1) is 11.8 Å². The zero-order valence-corrected chi connectivity index (χ0v) is 10.8. The monoisotopic (exact) mass is 232 g/mol. The summed E-state index contributed by atoms with van der Waals surface area (Å²) in [5, 5.41) is 0.235. The minimum absolute atomic E-state index is 0.0409. The van der Waals surface area contributed by atoms with Gasteiger partial charge in [-0.05, 0) is 46.0 Å². The van der Waals surface area contributed by atoms with E-state index < -0.39 is 0 Å². The molecule has 1 aliphatic carbocycles. The van der Waals surface area contributed by atoms with E-state index in [4.69, 9.17) is 16.3 Å². The third kappa shape index (κ3) is 4.02. The largest absolute Gasteiger partial charge is 0.460 e. The molecule has 2 nitrogen and oxygen atoms in total. The Morgan fingerprint density at radius 2 is 1.93 bits per heavy atom. The number of carbonyl (C=O) groups is 1. The maximum Gasteiger partial charge on any atom is 0.309 e. The predicted molar refractivity (Wildman–Crippen MR) is 62.0 cm³/mol. The van der Waals surface area contributed by atoms with Crippen LogP contribution in [-0.4, -0.2) is 16.9 Å². The second kappa shape index (κ2) is 4.73. The second-order valence-electron chi connectivity index (χ2n) is 5.53. The van der Waals surface area contributed by atoms with E-state index in [1.807, 2.05) is 20.8 Å². The highest BCUT2D eigenvalue weighted by atomic mass is 35.5. The van der Waals surface area contributed by atoms with Crippen LogP contribution in [0.1, 0.15) is 47.0 Å². The molecule has 88 valence electrons. The maximum atomic E-state index is 11.9. The summed E-state index contributed by atoms with van der Waals surface area (Å²) < 4.78 is 5.40. The van der Waals surface area contributed by atoms with Crippen molar-refractivity contribution in [2.45, 2.75) is 57.9 Å². The molecule has 0 aliphatic heterocycles. The third-order valence-corrected chi connectivity index (χ3v) is 3.21. The number of hydrogen-bond donors (Lipinski definition) is 0. The first kappa shape index (κ1) is 12.8. The molecule has 1 fully saturated rings. The van der Waals surface area contributed by atoms with Crippen molar-refractivity contribution < 1.29 is 9.53 Å². The van der Waals surface area contributed by atoms with E-state index in [0.29, 0.717) is 5.92 Å². The van der Waals surface area contributed by atoms with Crippen molar-refractivity contribution in [2.75, 3.05) is 0 Å². The third-order valence-electron chi connectivity index (χ3n) is 2.81. The van der Waals surface area contributed by atoms with Gasteiger partial charge in [-0.1, -0.05) is 6.92 Å². The molecule has 0 spiro atoms. The van der Waals surface area contributed by atoms with E-state index in [1.54, 1.807) is 0 Å². The van der Waals surface area contributed by atoms with Gasteiger partial charge in [0, 0.05) is 5.38 Å². The summed E-state index contributed by atoms with van der Waals surface area (Å²) in [4.78, 5) is 11.9. The summed E-state index contributed by atoms with van der Waals surface area (Å²) in [5.74, 6) is 0.328. The maximum absolute atomic E-state index is 11.9. The molecule has 0 aromatic heterocycles. The molecule has 1 rings (SSSR count). The standard InChI is InChI=1S/C12H21ClO2/c1-8-7-9(13)5-6-10(8)11(14)15-12(2,3)4/h8-10H,5-7H2,1-4H3. The van der Waals surface area contributed by atoms with Crippen LogP contribution in [-0.2, 0) is 9.53 Å². The van der Waals surface area contributed by atoms with E-state index in [2.05, 4.69) is 6.92 Å². The number of halogens is 1. The first-order valence-electron chi connectivity index (χ1n) is 5.66. The molecule has 1 saturated carbocycles. The lowest BCUT2D eigenvalue weighted by Crippen LogP contribution is -2.35. The van der Waals surface area contributed by atoms with Crippen LogP contribution in [0.5, 0.6) is 0 Å². The average Bonchev–Trinajstić information content (AvgIpc) is 1.99. The van der Waals surface area contributed by atoms with Crippen molar-refractivity contribution >= 4 is 17.6 Å². The van der Waals surface area contributed by atoms with Crippen LogP contribution < -0.4 is 0 Å². The fourth-order valence-corrected chi connectivity index (χ4v) is 2.47. The Kier molecular flexibility index (Phi) is 4.05. The second-order valence-corrected chi connectivity index (χ2v) is 6.14. The van der Waals surface area contributed by atoms with Gasteiger partial charge in [-0.2, -0.15) is 0 Å². The molecule has 0 aromatic carbocycles. The molecule has 0 radical (unpaired) electrons. The fraction of sp³-hybridized carbons (Fsp3) is 0.917. The molecule has 0 saturated heterocycles. The SMILES string of the molecule is CC1CC(Cl)CCC1C(=O)OC(C)(C)C. The Labute approximate surface area is 97.3 Å². The zero-order chi connectivity index (χ0) is 11.6. The highest BCUT2D eigenvalue weighted by Crippen LogP contribution is 2.34. The smallest absolute Gasteiger partial charge is 0.309 e. The number of hydrogen-bond acceptors (Lipinski definition) is 2. The summed E-state index contributed by atoms with van der Waals surface area (Å²) in [6.45, 7) is 7.80. The summed E-state index contributed by atoms with van der Waals surface area (Å²) in [6.07, 6.45) is 2.71. The molecule has 3 unspecified atom stereocenters. The Bertz CT molecular complexity index is 232. The van der Waals surface area contributed by atoms with Crippen molar-refractivity contribution in [1.82, 2.24) is 0 Å². The first-order chi connectivity index (χ1) is 6.79. The molecule has 3 atom stereocenters. The van der Waals surface area contributed by atoms with Gasteiger partial charge in [-0.3, -0.25) is 4.79 Å². The number of carbonyl (C=O) groups excluding carboxylic acids is 1. The lowest BCUT2D eigenvalue weighted by atomic mass is 9.80. The van der Waals surface area contributed by atoms with E-state index in [9.17, 15) is 4.79 Å². The quantitative estimate of drug-likeness (QED) is 0.512. The molecule has 1 aliphatic rings. The van der Waals surface area contributed by atoms with Gasteiger partial charge in [0.2, 0.25) is 0 Å². The van der Waals surface area contributed by atoms with Gasteiger partial charge in [0.25, 0.3) is 0 Å². The fourth-order valence-electron chi connectivity index (χ4n) is 2.06. The van der Waals surface area contributed by atoms with Gasteiger partial charge < -0.3 is 4.74 Å². The summed E-state index contributed by atoms with van der Waals surface area (Å²) in [5.41, 5.74) is -0.380. The molecule has 0 amide bonds. The molecule has 3 heteroatoms. The van der Waals surface area contributed by atoms with Gasteiger partial charge in [-0.15, -0.1) is 11.6 Å². The predicted octanol–water partition coefficient (Wildman–Crippen LogP) is 3.37. The van der Waals surface area contributed by atoms with Gasteiger partial charge in [0.05, 0.1) is 5.92 Å². The zero-order valence-electron chi connectivity index (χ0n) is 10.0. The molecule has 0 N–H and O–H groups in total. The van der Waals surface area contributed by atoms with Crippen LogP contribution in [0.3, 0.4) is 0 Å². The molecule has 15 heavy (non-hydrogen) atoms. The van der Waals surface area contributed by atoms with Crippen LogP contribution in [0.2, 0.25) is 0 Å². The van der Waals surface area contributed by atoms with Crippen LogP contribution in [0.15, 0.2) is 0 Å². The average molecular weight is 233 g/mol. The van der Waals surface area contributed by atoms with Crippen molar-refractivity contribution in [3.05, 3.63) is 0 Å². The lowest BCUT2D eigenvalue weighted by molar-refractivity contribution is -0.162. The van der Waals surface area contributed by atoms with Gasteiger partial charge in [-0.25, -0.2) is 0 Å². The van der Waals surface area contributed by atoms with Crippen molar-refractivity contribution in [2.24, 2.45) is 11.8 Å². The van der Waals surface area contributed by atoms with Gasteiger partial charge >= 0.3 is 5.97 Å². The Balaban J connectivity index is 2.53. The molecule has 0 heterocycles. The Morgan fingerprint density at radius 3 is 2.40 bits per heavy atom. The van der Waals surface area contributed by atoms with E-state index >= 15 is 0 Å². The topological polar surface area (TPSA) is 26.3 Å². The van der Waals surface area contributed by atoms with Crippen molar-refractivity contribution in [1.29, 1.82) is 0 Å². The van der Waals surface area contributed by atoms with Crippen LogP contribution in [0.25, 0.3) is 0 Å². The molecule has 0 bridgehead atoms. The highest BCUT2D eigenvalue weighted by Gasteiger charge is 2.34. The van der Waals surface area contributed by atoms with E-state index in [1.165, 1.54) is 0 Å². The number of rotatable bonds is 1. The first-order valence-corrected chi connectivity index (χ1v) is 6.10. The molecule has 0 aromatic rings. The number of ether oxygens (including phenoxy) is 1. The molecular weight excluding hydrogens is 212 g/mol. The summed E-state index contributed by atoms with van der Waals surface area (Å²) >= 11 is 6.06. The van der Waals surface area contributed by atoms with E-state index in [0.717, 1.165) is 19.3 Å². The Morgan fingerprint density at radius 1 is 1.33 bits per heavy atom. The van der Waals surface area contributed by atoms with Gasteiger partial charge in [0.15, 0.2) is 0 Å². The van der Waals surface area contributed by atoms with E-state index in [-0.39, 0.29) is 22.9 Å². The van der Waals surface area contributed by atoms with Crippen LogP contribution in [0.4, 0.5) is 0 Å². The van der Waals surface area contributed by atoms with Crippen molar-refractivity contribution in [3.8, 4) is 0 Å². The minimum atomic E-state index is -0.380. The Hall–Kier alpha value is -0.240. The number of esters is 1.